The SMILES string of the molecule is CC(=O)OC[C@@H](N=C1NC(=O)CS1)c1ccccc1. The fourth-order valence-corrected chi connectivity index (χ4v) is 2.34. The molecule has 1 atom stereocenters. The smallest absolute Gasteiger partial charge is 0.302 e. The standard InChI is InChI=1S/C13H14N2O3S/c1-9(16)18-7-11(10-5-3-2-4-6-10)14-13-15-12(17)8-19-13/h2-6,11H,7-8H2,1H3,(H,14,15,17)/t11-/m1/s1. The summed E-state index contributed by atoms with van der Waals surface area (Å²) in [4.78, 5) is 26.5. The number of amidine groups is 1. The molecule has 5 nitrogen and oxygen atoms in total. The van der Waals surface area contributed by atoms with Gasteiger partial charge in [0.25, 0.3) is 0 Å². The molecule has 6 heteroatoms. The topological polar surface area (TPSA) is 67.8 Å². The van der Waals surface area contributed by atoms with Gasteiger partial charge in [-0.1, -0.05) is 42.1 Å². The van der Waals surface area contributed by atoms with Crippen LogP contribution in [0.2, 0.25) is 0 Å². The molecule has 1 aromatic carbocycles. The summed E-state index contributed by atoms with van der Waals surface area (Å²) < 4.78 is 5.03. The lowest BCUT2D eigenvalue weighted by Gasteiger charge is -2.13. The van der Waals surface area contributed by atoms with Crippen molar-refractivity contribution in [2.45, 2.75) is 13.0 Å². The van der Waals surface area contributed by atoms with E-state index in [1.165, 1.54) is 18.7 Å². The van der Waals surface area contributed by atoms with E-state index in [-0.39, 0.29) is 24.5 Å². The number of ether oxygens (including phenoxy) is 1. The molecule has 0 aromatic heterocycles. The minimum Gasteiger partial charge on any atom is -0.463 e. The lowest BCUT2D eigenvalue weighted by molar-refractivity contribution is -0.141. The first-order valence-corrected chi connectivity index (χ1v) is 6.82. The molecule has 0 radical (unpaired) electrons. The van der Waals surface area contributed by atoms with Crippen molar-refractivity contribution in [2.24, 2.45) is 4.99 Å². The van der Waals surface area contributed by atoms with Crippen LogP contribution in [-0.2, 0) is 14.3 Å². The molecule has 1 N–H and O–H groups in total. The third kappa shape index (κ3) is 4.10. The van der Waals surface area contributed by atoms with Gasteiger partial charge >= 0.3 is 5.97 Å². The van der Waals surface area contributed by atoms with Gasteiger partial charge < -0.3 is 10.1 Å². The van der Waals surface area contributed by atoms with Crippen molar-refractivity contribution in [3.8, 4) is 0 Å². The predicted octanol–water partition coefficient (Wildman–Crippen LogP) is 1.51. The number of amides is 1. The summed E-state index contributed by atoms with van der Waals surface area (Å²) in [6, 6.07) is 9.24. The van der Waals surface area contributed by atoms with Crippen molar-refractivity contribution in [2.75, 3.05) is 12.4 Å². The minimum absolute atomic E-state index is 0.0527. The second-order valence-corrected chi connectivity index (χ2v) is 4.96. The maximum Gasteiger partial charge on any atom is 0.302 e. The molecule has 0 saturated carbocycles. The largest absolute Gasteiger partial charge is 0.463 e. The van der Waals surface area contributed by atoms with Gasteiger partial charge in [-0.05, 0) is 5.56 Å². The number of hydrogen-bond acceptors (Lipinski definition) is 5. The quantitative estimate of drug-likeness (QED) is 0.848. The number of rotatable bonds is 4. The Hall–Kier alpha value is -1.82. The minimum atomic E-state index is -0.343. The summed E-state index contributed by atoms with van der Waals surface area (Å²) in [5.74, 6) is -0.0132. The van der Waals surface area contributed by atoms with Gasteiger partial charge in [-0.3, -0.25) is 14.6 Å². The molecule has 100 valence electrons. The highest BCUT2D eigenvalue weighted by Crippen LogP contribution is 2.21. The summed E-state index contributed by atoms with van der Waals surface area (Å²) in [5.41, 5.74) is 0.943. The number of esters is 1. The number of benzene rings is 1. The monoisotopic (exact) mass is 278 g/mol. The van der Waals surface area contributed by atoms with E-state index in [1.807, 2.05) is 30.3 Å². The molecule has 1 heterocycles. The Morgan fingerprint density at radius 2 is 2.21 bits per heavy atom. The van der Waals surface area contributed by atoms with Gasteiger partial charge in [0.15, 0.2) is 5.17 Å². The van der Waals surface area contributed by atoms with Crippen molar-refractivity contribution in [1.29, 1.82) is 0 Å². The Kier molecular flexibility index (Phi) is 4.57. The van der Waals surface area contributed by atoms with Crippen molar-refractivity contribution < 1.29 is 14.3 Å². The molecular formula is C13H14N2O3S. The molecule has 19 heavy (non-hydrogen) atoms. The van der Waals surface area contributed by atoms with Crippen molar-refractivity contribution in [1.82, 2.24) is 5.32 Å². The van der Waals surface area contributed by atoms with Crippen molar-refractivity contribution >= 4 is 28.8 Å². The van der Waals surface area contributed by atoms with Gasteiger partial charge in [-0.25, -0.2) is 0 Å². The van der Waals surface area contributed by atoms with Crippen LogP contribution in [0.4, 0.5) is 0 Å². The molecule has 0 aliphatic carbocycles. The van der Waals surface area contributed by atoms with Crippen LogP contribution < -0.4 is 5.32 Å². The first kappa shape index (κ1) is 13.6. The van der Waals surface area contributed by atoms with E-state index in [9.17, 15) is 9.59 Å². The fourth-order valence-electron chi connectivity index (χ4n) is 1.62. The molecule has 1 aliphatic rings. The van der Waals surface area contributed by atoms with E-state index in [1.54, 1.807) is 0 Å². The summed E-state index contributed by atoms with van der Waals surface area (Å²) in [5, 5.41) is 3.25. The third-order valence-electron chi connectivity index (χ3n) is 2.49. The number of aliphatic imine (C=N–C) groups is 1. The van der Waals surface area contributed by atoms with Crippen LogP contribution in [0.25, 0.3) is 0 Å². The van der Waals surface area contributed by atoms with Crippen LogP contribution in [0.3, 0.4) is 0 Å². The summed E-state index contributed by atoms with van der Waals surface area (Å²) in [7, 11) is 0. The van der Waals surface area contributed by atoms with Crippen LogP contribution in [0.15, 0.2) is 35.3 Å². The highest BCUT2D eigenvalue weighted by atomic mass is 32.2. The van der Waals surface area contributed by atoms with Gasteiger partial charge in [-0.15, -0.1) is 0 Å². The van der Waals surface area contributed by atoms with Crippen molar-refractivity contribution in [3.63, 3.8) is 0 Å². The summed E-state index contributed by atoms with van der Waals surface area (Å²) in [6.45, 7) is 1.53. The Labute approximate surface area is 115 Å². The first-order valence-electron chi connectivity index (χ1n) is 5.84. The van der Waals surface area contributed by atoms with Crippen molar-refractivity contribution in [3.05, 3.63) is 35.9 Å². The average molecular weight is 278 g/mol. The molecule has 2 rings (SSSR count). The predicted molar refractivity (Wildman–Crippen MR) is 73.9 cm³/mol. The average Bonchev–Trinajstić information content (AvgIpc) is 2.81. The van der Waals surface area contributed by atoms with Gasteiger partial charge in [0, 0.05) is 6.92 Å². The third-order valence-corrected chi connectivity index (χ3v) is 3.38. The molecular weight excluding hydrogens is 264 g/mol. The number of carbonyl (C=O) groups excluding carboxylic acids is 2. The van der Waals surface area contributed by atoms with E-state index in [0.717, 1.165) is 5.56 Å². The van der Waals surface area contributed by atoms with E-state index >= 15 is 0 Å². The van der Waals surface area contributed by atoms with Crippen LogP contribution in [0, 0.1) is 0 Å². The maximum absolute atomic E-state index is 11.1. The molecule has 1 saturated heterocycles. The molecule has 0 spiro atoms. The molecule has 1 amide bonds. The van der Waals surface area contributed by atoms with Crippen LogP contribution in [0.1, 0.15) is 18.5 Å². The maximum atomic E-state index is 11.1. The highest BCUT2D eigenvalue weighted by molar-refractivity contribution is 8.15. The van der Waals surface area contributed by atoms with Gasteiger partial charge in [0.1, 0.15) is 12.6 Å². The fraction of sp³-hybridized carbons (Fsp3) is 0.308. The number of thioether (sulfide) groups is 1. The summed E-state index contributed by atoms with van der Waals surface area (Å²) >= 11 is 1.36. The Balaban J connectivity index is 2.14. The second kappa shape index (κ2) is 6.38. The molecule has 0 bridgehead atoms. The Morgan fingerprint density at radius 1 is 1.47 bits per heavy atom. The van der Waals surface area contributed by atoms with Gasteiger partial charge in [-0.2, -0.15) is 0 Å². The highest BCUT2D eigenvalue weighted by Gasteiger charge is 2.20. The van der Waals surface area contributed by atoms with Crippen LogP contribution >= 0.6 is 11.8 Å². The lowest BCUT2D eigenvalue weighted by atomic mass is 10.1. The van der Waals surface area contributed by atoms with E-state index in [2.05, 4.69) is 10.3 Å². The Morgan fingerprint density at radius 3 is 2.79 bits per heavy atom. The van der Waals surface area contributed by atoms with E-state index in [4.69, 9.17) is 4.74 Å². The van der Waals surface area contributed by atoms with Gasteiger partial charge in [0.05, 0.1) is 5.75 Å². The van der Waals surface area contributed by atoms with Gasteiger partial charge in [0.2, 0.25) is 5.91 Å². The molecule has 1 aliphatic heterocycles. The number of hydrogen-bond donors (Lipinski definition) is 1. The first-order chi connectivity index (χ1) is 9.15. The zero-order chi connectivity index (χ0) is 13.7. The number of nitrogens with one attached hydrogen (secondary N) is 1. The summed E-state index contributed by atoms with van der Waals surface area (Å²) in [6.07, 6.45) is 0. The normalized spacial score (nSPS) is 18.2. The second-order valence-electron chi connectivity index (χ2n) is 4.00. The number of carbonyl (C=O) groups is 2. The zero-order valence-corrected chi connectivity index (χ0v) is 11.3. The Bertz CT molecular complexity index is 502. The molecule has 0 unspecified atom stereocenters. The van der Waals surface area contributed by atoms with Crippen LogP contribution in [-0.4, -0.2) is 29.4 Å². The zero-order valence-electron chi connectivity index (χ0n) is 10.5. The van der Waals surface area contributed by atoms with Crippen LogP contribution in [0.5, 0.6) is 0 Å². The van der Waals surface area contributed by atoms with E-state index in [0.29, 0.717) is 10.9 Å². The lowest BCUT2D eigenvalue weighted by Crippen LogP contribution is -2.21. The molecule has 1 aromatic rings. The van der Waals surface area contributed by atoms with E-state index < -0.39 is 0 Å². The molecule has 1 fully saturated rings. The number of nitrogens with zero attached hydrogens (tertiary/aromatic N) is 1.